The minimum absolute atomic E-state index is 0.105. The molecular formula is C12H27NO3S. The van der Waals surface area contributed by atoms with E-state index in [0.29, 0.717) is 13.0 Å². The van der Waals surface area contributed by atoms with Gasteiger partial charge in [0, 0.05) is 18.9 Å². The molecule has 0 rings (SSSR count). The second kappa shape index (κ2) is 8.89. The molecule has 17 heavy (non-hydrogen) atoms. The van der Waals surface area contributed by atoms with Crippen LogP contribution >= 0.6 is 0 Å². The molecule has 0 heterocycles. The molecule has 0 bridgehead atoms. The summed E-state index contributed by atoms with van der Waals surface area (Å²) in [5.41, 5.74) is 0. The van der Waals surface area contributed by atoms with Crippen LogP contribution in [0.25, 0.3) is 0 Å². The van der Waals surface area contributed by atoms with Gasteiger partial charge in [0.15, 0.2) is 0 Å². The lowest BCUT2D eigenvalue weighted by Gasteiger charge is -2.27. The van der Waals surface area contributed by atoms with E-state index in [1.165, 1.54) is 6.26 Å². The van der Waals surface area contributed by atoms with Crippen molar-refractivity contribution in [2.75, 3.05) is 25.2 Å². The predicted octanol–water partition coefficient (Wildman–Crippen LogP) is 1.60. The summed E-state index contributed by atoms with van der Waals surface area (Å²) in [4.78, 5) is 0. The van der Waals surface area contributed by atoms with E-state index < -0.39 is 9.84 Å². The summed E-state index contributed by atoms with van der Waals surface area (Å²) in [6, 6.07) is 0.134. The van der Waals surface area contributed by atoms with E-state index in [-0.39, 0.29) is 17.9 Å². The van der Waals surface area contributed by atoms with Crippen LogP contribution in [0, 0.1) is 0 Å². The van der Waals surface area contributed by atoms with Crippen LogP contribution in [0.5, 0.6) is 0 Å². The summed E-state index contributed by atoms with van der Waals surface area (Å²) < 4.78 is 28.1. The zero-order valence-corrected chi connectivity index (χ0v) is 12.3. The van der Waals surface area contributed by atoms with Gasteiger partial charge in [0.1, 0.15) is 9.84 Å². The van der Waals surface area contributed by atoms with Gasteiger partial charge >= 0.3 is 0 Å². The molecule has 0 radical (unpaired) electrons. The Hall–Kier alpha value is -0.130. The van der Waals surface area contributed by atoms with E-state index in [4.69, 9.17) is 4.74 Å². The molecule has 0 aliphatic carbocycles. The molecule has 0 aromatic rings. The maximum atomic E-state index is 11.2. The minimum Gasteiger partial charge on any atom is -0.377 e. The highest BCUT2D eigenvalue weighted by atomic mass is 32.2. The van der Waals surface area contributed by atoms with E-state index in [1.54, 1.807) is 0 Å². The van der Waals surface area contributed by atoms with Gasteiger partial charge in [-0.05, 0) is 32.7 Å². The Morgan fingerprint density at radius 3 is 2.29 bits per heavy atom. The van der Waals surface area contributed by atoms with Gasteiger partial charge in [0.05, 0.1) is 11.9 Å². The van der Waals surface area contributed by atoms with E-state index in [2.05, 4.69) is 19.2 Å². The second-order valence-electron chi connectivity index (χ2n) is 4.38. The Morgan fingerprint density at radius 1 is 1.24 bits per heavy atom. The lowest BCUT2D eigenvalue weighted by atomic mass is 10.1. The Kier molecular flexibility index (Phi) is 8.82. The molecule has 4 nitrogen and oxygen atoms in total. The van der Waals surface area contributed by atoms with E-state index in [1.807, 2.05) is 6.92 Å². The number of hydrogen-bond acceptors (Lipinski definition) is 4. The molecule has 0 saturated heterocycles. The van der Waals surface area contributed by atoms with Gasteiger partial charge in [-0.2, -0.15) is 0 Å². The summed E-state index contributed by atoms with van der Waals surface area (Å²) in [6.07, 6.45) is 3.95. The average molecular weight is 265 g/mol. The molecular weight excluding hydrogens is 238 g/mol. The molecule has 5 heteroatoms. The van der Waals surface area contributed by atoms with Crippen LogP contribution in [0.15, 0.2) is 0 Å². The zero-order valence-electron chi connectivity index (χ0n) is 11.5. The van der Waals surface area contributed by atoms with Crippen molar-refractivity contribution in [3.05, 3.63) is 0 Å². The molecule has 104 valence electrons. The lowest BCUT2D eigenvalue weighted by Crippen LogP contribution is -2.42. The van der Waals surface area contributed by atoms with Gasteiger partial charge in [0.25, 0.3) is 0 Å². The SMILES string of the molecule is CCCNC(CCS(C)(=O)=O)C(CC)OCC. The molecule has 0 fully saturated rings. The van der Waals surface area contributed by atoms with Crippen molar-refractivity contribution in [1.29, 1.82) is 0 Å². The van der Waals surface area contributed by atoms with Crippen molar-refractivity contribution in [1.82, 2.24) is 5.32 Å². The summed E-state index contributed by atoms with van der Waals surface area (Å²) >= 11 is 0. The number of nitrogens with one attached hydrogen (secondary N) is 1. The fraction of sp³-hybridized carbons (Fsp3) is 1.00. The first-order chi connectivity index (χ1) is 7.94. The smallest absolute Gasteiger partial charge is 0.147 e. The molecule has 0 aliphatic rings. The van der Waals surface area contributed by atoms with Gasteiger partial charge in [-0.25, -0.2) is 8.42 Å². The van der Waals surface area contributed by atoms with Crippen molar-refractivity contribution in [3.63, 3.8) is 0 Å². The van der Waals surface area contributed by atoms with Crippen molar-refractivity contribution < 1.29 is 13.2 Å². The first kappa shape index (κ1) is 16.9. The number of hydrogen-bond donors (Lipinski definition) is 1. The third-order valence-electron chi connectivity index (χ3n) is 2.69. The van der Waals surface area contributed by atoms with Crippen LogP contribution in [0.1, 0.15) is 40.0 Å². The fourth-order valence-electron chi connectivity index (χ4n) is 1.82. The molecule has 0 aromatic carbocycles. The maximum absolute atomic E-state index is 11.2. The van der Waals surface area contributed by atoms with Crippen LogP contribution in [-0.4, -0.2) is 45.7 Å². The third kappa shape index (κ3) is 8.57. The van der Waals surface area contributed by atoms with Gasteiger partial charge in [-0.1, -0.05) is 13.8 Å². The van der Waals surface area contributed by atoms with Crippen molar-refractivity contribution >= 4 is 9.84 Å². The Labute approximate surface area is 106 Å². The summed E-state index contributed by atoms with van der Waals surface area (Å²) in [5, 5.41) is 3.39. The predicted molar refractivity (Wildman–Crippen MR) is 72.1 cm³/mol. The molecule has 0 amide bonds. The second-order valence-corrected chi connectivity index (χ2v) is 6.64. The quantitative estimate of drug-likeness (QED) is 0.652. The first-order valence-corrected chi connectivity index (χ1v) is 8.53. The molecule has 2 atom stereocenters. The van der Waals surface area contributed by atoms with Crippen LogP contribution in [0.4, 0.5) is 0 Å². The lowest BCUT2D eigenvalue weighted by molar-refractivity contribution is 0.0311. The van der Waals surface area contributed by atoms with Gasteiger partial charge in [-0.15, -0.1) is 0 Å². The summed E-state index contributed by atoms with van der Waals surface area (Å²) in [5.74, 6) is 0.220. The molecule has 2 unspecified atom stereocenters. The fourth-order valence-corrected chi connectivity index (χ4v) is 2.50. The van der Waals surface area contributed by atoms with Crippen LogP contribution in [0.3, 0.4) is 0 Å². The largest absolute Gasteiger partial charge is 0.377 e. The standard InChI is InChI=1S/C12H27NO3S/c1-5-9-13-11(8-10-17(4,14)15)12(6-2)16-7-3/h11-13H,5-10H2,1-4H3. The zero-order chi connectivity index (χ0) is 13.3. The normalized spacial score (nSPS) is 15.8. The van der Waals surface area contributed by atoms with Gasteiger partial charge < -0.3 is 10.1 Å². The third-order valence-corrected chi connectivity index (χ3v) is 3.67. The highest BCUT2D eigenvalue weighted by Gasteiger charge is 2.21. The minimum atomic E-state index is -2.90. The topological polar surface area (TPSA) is 55.4 Å². The number of sulfone groups is 1. The Balaban J connectivity index is 4.38. The van der Waals surface area contributed by atoms with Crippen LogP contribution in [-0.2, 0) is 14.6 Å². The maximum Gasteiger partial charge on any atom is 0.147 e. The molecule has 0 saturated carbocycles. The van der Waals surface area contributed by atoms with E-state index in [0.717, 1.165) is 19.4 Å². The van der Waals surface area contributed by atoms with Crippen molar-refractivity contribution in [3.8, 4) is 0 Å². The van der Waals surface area contributed by atoms with Crippen LogP contribution < -0.4 is 5.32 Å². The molecule has 1 N–H and O–H groups in total. The molecule has 0 aliphatic heterocycles. The van der Waals surface area contributed by atoms with Crippen LogP contribution in [0.2, 0.25) is 0 Å². The van der Waals surface area contributed by atoms with Crippen molar-refractivity contribution in [2.24, 2.45) is 0 Å². The summed E-state index contributed by atoms with van der Waals surface area (Å²) in [7, 11) is -2.90. The van der Waals surface area contributed by atoms with Gasteiger partial charge in [-0.3, -0.25) is 0 Å². The van der Waals surface area contributed by atoms with Gasteiger partial charge in [0.2, 0.25) is 0 Å². The highest BCUT2D eigenvalue weighted by molar-refractivity contribution is 7.90. The van der Waals surface area contributed by atoms with E-state index >= 15 is 0 Å². The monoisotopic (exact) mass is 265 g/mol. The highest BCUT2D eigenvalue weighted by Crippen LogP contribution is 2.09. The first-order valence-electron chi connectivity index (χ1n) is 6.47. The Morgan fingerprint density at radius 2 is 1.88 bits per heavy atom. The number of rotatable bonds is 10. The van der Waals surface area contributed by atoms with Crippen molar-refractivity contribution in [2.45, 2.75) is 52.2 Å². The molecule has 0 spiro atoms. The number of ether oxygens (including phenoxy) is 1. The molecule has 0 aromatic heterocycles. The van der Waals surface area contributed by atoms with E-state index in [9.17, 15) is 8.42 Å². The average Bonchev–Trinajstić information content (AvgIpc) is 2.25. The summed E-state index contributed by atoms with van der Waals surface area (Å²) in [6.45, 7) is 7.71. The Bertz CT molecular complexity index is 277.